The molecule has 2 nitrogen and oxygen atoms in total. The first-order valence-electron chi connectivity index (χ1n) is 6.62. The molecule has 0 aliphatic rings. The quantitative estimate of drug-likeness (QED) is 0.467. The van der Waals surface area contributed by atoms with E-state index in [1.807, 2.05) is 26.0 Å². The highest BCUT2D eigenvalue weighted by Crippen LogP contribution is 2.17. The van der Waals surface area contributed by atoms with Gasteiger partial charge in [0.25, 0.3) is 0 Å². The molecule has 0 heterocycles. The lowest BCUT2D eigenvalue weighted by molar-refractivity contribution is 0.316. The molecule has 0 saturated carbocycles. The van der Waals surface area contributed by atoms with E-state index in [1.54, 1.807) is 0 Å². The Balaban J connectivity index is 0.000000224. The first-order chi connectivity index (χ1) is 9.31. The third-order valence-corrected chi connectivity index (χ3v) is 2.84. The van der Waals surface area contributed by atoms with Gasteiger partial charge in [0.15, 0.2) is 0 Å². The lowest BCUT2D eigenvalue weighted by atomic mass is 10.1. The molecule has 100 valence electrons. The molecule has 2 rings (SSSR count). The summed E-state index contributed by atoms with van der Waals surface area (Å²) >= 11 is 0. The van der Waals surface area contributed by atoms with E-state index in [0.717, 1.165) is 18.6 Å². The van der Waals surface area contributed by atoms with Crippen molar-refractivity contribution in [2.24, 2.45) is 5.16 Å². The lowest BCUT2D eigenvalue weighted by Gasteiger charge is -1.98. The summed E-state index contributed by atoms with van der Waals surface area (Å²) in [6.07, 6.45) is 1.71. The fraction of sp³-hybridized carbons (Fsp3) is 0.235. The van der Waals surface area contributed by atoms with Crippen LogP contribution in [0.3, 0.4) is 0 Å². The van der Waals surface area contributed by atoms with Gasteiger partial charge in [0.1, 0.15) is 0 Å². The zero-order valence-electron chi connectivity index (χ0n) is 11.6. The lowest BCUT2D eigenvalue weighted by Crippen LogP contribution is -1.90. The van der Waals surface area contributed by atoms with Crippen LogP contribution in [0.1, 0.15) is 26.7 Å². The van der Waals surface area contributed by atoms with Gasteiger partial charge in [-0.25, -0.2) is 0 Å². The standard InChI is InChI=1S/C12H10.C5H11NO/c1-3-7-11(8-4-1)12-9-5-2-6-10-12;1-3-5(4-2)6-7/h1-10H;7H,3-4H2,1-2H3. The number of nitrogens with zero attached hydrogens (tertiary/aromatic N) is 1. The average Bonchev–Trinajstić information content (AvgIpc) is 2.51. The predicted molar refractivity (Wildman–Crippen MR) is 81.7 cm³/mol. The highest BCUT2D eigenvalue weighted by Gasteiger charge is 1.91. The van der Waals surface area contributed by atoms with E-state index in [2.05, 4.69) is 53.7 Å². The third-order valence-electron chi connectivity index (χ3n) is 2.84. The topological polar surface area (TPSA) is 32.6 Å². The van der Waals surface area contributed by atoms with Crippen LogP contribution in [0.25, 0.3) is 11.1 Å². The van der Waals surface area contributed by atoms with Crippen LogP contribution in [0.15, 0.2) is 65.8 Å². The first-order valence-corrected chi connectivity index (χ1v) is 6.62. The van der Waals surface area contributed by atoms with Crippen molar-refractivity contribution in [2.45, 2.75) is 26.7 Å². The van der Waals surface area contributed by atoms with E-state index in [4.69, 9.17) is 5.21 Å². The summed E-state index contributed by atoms with van der Waals surface area (Å²) in [6.45, 7) is 3.94. The molecule has 0 unspecified atom stereocenters. The summed E-state index contributed by atoms with van der Waals surface area (Å²) in [5.74, 6) is 0. The molecule has 0 aliphatic carbocycles. The third kappa shape index (κ3) is 5.38. The van der Waals surface area contributed by atoms with E-state index in [9.17, 15) is 0 Å². The van der Waals surface area contributed by atoms with Gasteiger partial charge >= 0.3 is 0 Å². The summed E-state index contributed by atoms with van der Waals surface area (Å²) in [5, 5.41) is 11.2. The van der Waals surface area contributed by atoms with Crippen LogP contribution in [0.4, 0.5) is 0 Å². The first kappa shape index (κ1) is 15.0. The molecule has 0 bridgehead atoms. The van der Waals surface area contributed by atoms with Crippen LogP contribution in [-0.4, -0.2) is 10.9 Å². The maximum Gasteiger partial charge on any atom is 0.0565 e. The minimum atomic E-state index is 0.854. The molecule has 1 N–H and O–H groups in total. The zero-order valence-corrected chi connectivity index (χ0v) is 11.6. The molecular weight excluding hydrogens is 234 g/mol. The SMILES string of the molecule is CCC(CC)=NO.c1ccc(-c2ccccc2)cc1. The van der Waals surface area contributed by atoms with E-state index < -0.39 is 0 Å². The molecule has 0 amide bonds. The summed E-state index contributed by atoms with van der Waals surface area (Å²) in [7, 11) is 0. The van der Waals surface area contributed by atoms with Gasteiger partial charge in [0.05, 0.1) is 5.71 Å². The van der Waals surface area contributed by atoms with Gasteiger partial charge in [-0.2, -0.15) is 0 Å². The Morgan fingerprint density at radius 2 is 1.16 bits per heavy atom. The Morgan fingerprint density at radius 3 is 1.37 bits per heavy atom. The zero-order chi connectivity index (χ0) is 13.9. The van der Waals surface area contributed by atoms with Crippen molar-refractivity contribution in [1.29, 1.82) is 0 Å². The van der Waals surface area contributed by atoms with Crippen LogP contribution in [0.2, 0.25) is 0 Å². The van der Waals surface area contributed by atoms with Crippen molar-refractivity contribution >= 4 is 5.71 Å². The molecule has 0 atom stereocenters. The smallest absolute Gasteiger partial charge is 0.0565 e. The Bertz CT molecular complexity index is 434. The number of oxime groups is 1. The molecular formula is C17H21NO. The van der Waals surface area contributed by atoms with Crippen LogP contribution >= 0.6 is 0 Å². The van der Waals surface area contributed by atoms with Crippen molar-refractivity contribution < 1.29 is 5.21 Å². The maximum absolute atomic E-state index is 8.11. The largest absolute Gasteiger partial charge is 0.411 e. The summed E-state index contributed by atoms with van der Waals surface area (Å²) in [6, 6.07) is 20.8. The predicted octanol–water partition coefficient (Wildman–Crippen LogP) is 4.99. The molecule has 0 fully saturated rings. The van der Waals surface area contributed by atoms with Crippen LogP contribution in [-0.2, 0) is 0 Å². The second kappa shape index (κ2) is 8.92. The minimum Gasteiger partial charge on any atom is -0.411 e. The molecule has 0 aliphatic heterocycles. The van der Waals surface area contributed by atoms with Gasteiger partial charge in [0, 0.05) is 0 Å². The van der Waals surface area contributed by atoms with Gasteiger partial charge in [-0.3, -0.25) is 0 Å². The average molecular weight is 255 g/mol. The van der Waals surface area contributed by atoms with Crippen molar-refractivity contribution in [3.8, 4) is 11.1 Å². The number of benzene rings is 2. The normalized spacial score (nSPS) is 9.16. The highest BCUT2D eigenvalue weighted by atomic mass is 16.4. The van der Waals surface area contributed by atoms with Crippen molar-refractivity contribution in [1.82, 2.24) is 0 Å². The van der Waals surface area contributed by atoms with Gasteiger partial charge in [0.2, 0.25) is 0 Å². The van der Waals surface area contributed by atoms with Gasteiger partial charge < -0.3 is 5.21 Å². The molecule has 0 saturated heterocycles. The number of hydrogen-bond donors (Lipinski definition) is 1. The second-order valence-corrected chi connectivity index (χ2v) is 4.11. The van der Waals surface area contributed by atoms with Crippen LogP contribution in [0, 0.1) is 0 Å². The van der Waals surface area contributed by atoms with Crippen molar-refractivity contribution in [3.05, 3.63) is 60.7 Å². The monoisotopic (exact) mass is 255 g/mol. The Hall–Kier alpha value is -2.09. The van der Waals surface area contributed by atoms with E-state index in [1.165, 1.54) is 11.1 Å². The molecule has 0 spiro atoms. The van der Waals surface area contributed by atoms with Gasteiger partial charge in [-0.05, 0) is 24.0 Å². The van der Waals surface area contributed by atoms with Crippen LogP contribution in [0.5, 0.6) is 0 Å². The van der Waals surface area contributed by atoms with Gasteiger partial charge in [-0.15, -0.1) is 0 Å². The van der Waals surface area contributed by atoms with E-state index >= 15 is 0 Å². The van der Waals surface area contributed by atoms with Crippen LogP contribution < -0.4 is 0 Å². The minimum absolute atomic E-state index is 0.854. The summed E-state index contributed by atoms with van der Waals surface area (Å²) in [5.41, 5.74) is 3.41. The Morgan fingerprint density at radius 1 is 0.789 bits per heavy atom. The summed E-state index contributed by atoms with van der Waals surface area (Å²) < 4.78 is 0. The molecule has 0 radical (unpaired) electrons. The Kier molecular flexibility index (Phi) is 7.03. The van der Waals surface area contributed by atoms with E-state index in [-0.39, 0.29) is 0 Å². The fourth-order valence-corrected chi connectivity index (χ4v) is 1.65. The van der Waals surface area contributed by atoms with E-state index in [0.29, 0.717) is 0 Å². The van der Waals surface area contributed by atoms with Gasteiger partial charge in [-0.1, -0.05) is 79.7 Å². The summed E-state index contributed by atoms with van der Waals surface area (Å²) in [4.78, 5) is 0. The molecule has 0 aromatic heterocycles. The second-order valence-electron chi connectivity index (χ2n) is 4.11. The van der Waals surface area contributed by atoms with Crippen molar-refractivity contribution in [3.63, 3.8) is 0 Å². The van der Waals surface area contributed by atoms with Crippen molar-refractivity contribution in [2.75, 3.05) is 0 Å². The highest BCUT2D eigenvalue weighted by molar-refractivity contribution is 5.83. The number of hydrogen-bond acceptors (Lipinski definition) is 2. The molecule has 2 aromatic carbocycles. The Labute approximate surface area is 115 Å². The molecule has 19 heavy (non-hydrogen) atoms. The number of rotatable bonds is 3. The fourth-order valence-electron chi connectivity index (χ4n) is 1.65. The molecule has 2 aromatic rings. The maximum atomic E-state index is 8.11. The molecule has 2 heteroatoms.